The van der Waals surface area contributed by atoms with Crippen LogP contribution in [0.1, 0.15) is 122 Å². The van der Waals surface area contributed by atoms with E-state index in [0.29, 0.717) is 41.8 Å². The molecule has 0 saturated carbocycles. The zero-order chi connectivity index (χ0) is 40.5. The average molecular weight is 763 g/mol. The van der Waals surface area contributed by atoms with E-state index in [0.717, 1.165) is 96.1 Å². The van der Waals surface area contributed by atoms with Gasteiger partial charge in [0.1, 0.15) is 11.6 Å². The number of carbonyl (C=O) groups excluding carboxylic acids is 4. The van der Waals surface area contributed by atoms with Crippen molar-refractivity contribution in [1.29, 1.82) is 0 Å². The topological polar surface area (TPSA) is 131 Å². The minimum atomic E-state index is -0.0761. The third-order valence-electron chi connectivity index (χ3n) is 11.0. The van der Waals surface area contributed by atoms with E-state index >= 15 is 0 Å². The van der Waals surface area contributed by atoms with Crippen LogP contribution in [0, 0.1) is 23.7 Å². The number of carbonyl (C=O) groups is 4. The molecule has 4 amide bonds. The van der Waals surface area contributed by atoms with Gasteiger partial charge in [0.25, 0.3) is 11.8 Å². The molecule has 12 nitrogen and oxygen atoms in total. The van der Waals surface area contributed by atoms with Crippen LogP contribution in [0.15, 0.2) is 36.7 Å². The molecule has 2 fully saturated rings. The molecule has 0 aromatic carbocycles. The molecule has 2 N–H and O–H groups in total. The molecular weight excluding hydrogens is 693 g/mol. The number of pyridine rings is 2. The monoisotopic (exact) mass is 763 g/mol. The van der Waals surface area contributed by atoms with Crippen LogP contribution in [0.5, 0.6) is 0 Å². The lowest BCUT2D eigenvalue weighted by Gasteiger charge is -2.36. The van der Waals surface area contributed by atoms with E-state index in [-0.39, 0.29) is 35.6 Å². The second-order valence-corrected chi connectivity index (χ2v) is 15.9. The third kappa shape index (κ3) is 14.4. The number of nitrogens with zero attached hydrogens (tertiary/aromatic N) is 6. The summed E-state index contributed by atoms with van der Waals surface area (Å²) >= 11 is 0. The highest BCUT2D eigenvalue weighted by atomic mass is 16.2. The predicted molar refractivity (Wildman–Crippen MR) is 222 cm³/mol. The number of piperazine rings is 2. The van der Waals surface area contributed by atoms with Crippen molar-refractivity contribution < 1.29 is 19.2 Å². The van der Waals surface area contributed by atoms with E-state index in [1.54, 1.807) is 12.4 Å². The maximum atomic E-state index is 12.5. The first-order chi connectivity index (χ1) is 26.3. The molecular formula is C43H70N8O4. The molecule has 4 heterocycles. The fourth-order valence-electron chi connectivity index (χ4n) is 6.81. The Morgan fingerprint density at radius 1 is 0.636 bits per heavy atom. The smallest absolute Gasteiger partial charge is 0.253 e. The summed E-state index contributed by atoms with van der Waals surface area (Å²) in [5.74, 6) is 3.71. The van der Waals surface area contributed by atoms with Crippen molar-refractivity contribution in [2.75, 3.05) is 68.7 Å². The number of aromatic nitrogens is 2. The Balaban J connectivity index is 0.000000296. The Labute approximate surface area is 331 Å². The SMILES string of the molecule is CCC(C)CNC(=O)c1ccc(N2CCN(C(=O)CC(C)CC)CC2)nc1.CCC(CC)C(=O)N1CCN(c2ccc(C(=O)NC(C)CC(C)C)cn2)CC1. The lowest BCUT2D eigenvalue weighted by molar-refractivity contribution is -0.136. The third-order valence-corrected chi connectivity index (χ3v) is 11.0. The van der Waals surface area contributed by atoms with Crippen molar-refractivity contribution in [3.8, 4) is 0 Å². The summed E-state index contributed by atoms with van der Waals surface area (Å²) in [6.07, 6.45) is 8.76. The van der Waals surface area contributed by atoms with Gasteiger partial charge in [0.2, 0.25) is 11.8 Å². The molecule has 2 aromatic rings. The summed E-state index contributed by atoms with van der Waals surface area (Å²) in [6, 6.07) is 7.61. The molecule has 55 heavy (non-hydrogen) atoms. The number of hydrogen-bond acceptors (Lipinski definition) is 8. The van der Waals surface area contributed by atoms with Gasteiger partial charge in [0.05, 0.1) is 11.1 Å². The van der Waals surface area contributed by atoms with E-state index in [1.807, 2.05) is 41.0 Å². The Morgan fingerprint density at radius 3 is 1.56 bits per heavy atom. The van der Waals surface area contributed by atoms with Crippen molar-refractivity contribution in [2.45, 2.75) is 107 Å². The van der Waals surface area contributed by atoms with Gasteiger partial charge >= 0.3 is 0 Å². The molecule has 0 bridgehead atoms. The van der Waals surface area contributed by atoms with Crippen molar-refractivity contribution in [2.24, 2.45) is 23.7 Å². The van der Waals surface area contributed by atoms with Crippen LogP contribution in [0.2, 0.25) is 0 Å². The summed E-state index contributed by atoms with van der Waals surface area (Å²) < 4.78 is 0. The summed E-state index contributed by atoms with van der Waals surface area (Å²) in [6.45, 7) is 25.7. The molecule has 4 rings (SSSR count). The summed E-state index contributed by atoms with van der Waals surface area (Å²) in [4.78, 5) is 66.6. The van der Waals surface area contributed by atoms with Crippen LogP contribution in [-0.4, -0.2) is 108 Å². The van der Waals surface area contributed by atoms with E-state index < -0.39 is 0 Å². The maximum Gasteiger partial charge on any atom is 0.253 e. The van der Waals surface area contributed by atoms with E-state index in [9.17, 15) is 19.2 Å². The van der Waals surface area contributed by atoms with Gasteiger partial charge in [-0.3, -0.25) is 19.2 Å². The average Bonchev–Trinajstić information content (AvgIpc) is 3.20. The Morgan fingerprint density at radius 2 is 1.13 bits per heavy atom. The normalized spacial score (nSPS) is 16.3. The van der Waals surface area contributed by atoms with Gasteiger partial charge < -0.3 is 30.2 Å². The van der Waals surface area contributed by atoms with Crippen LogP contribution in [0.4, 0.5) is 11.6 Å². The van der Waals surface area contributed by atoms with Gasteiger partial charge in [0, 0.05) is 89.7 Å². The fourth-order valence-corrected chi connectivity index (χ4v) is 6.81. The Kier molecular flexibility index (Phi) is 18.9. The highest BCUT2D eigenvalue weighted by molar-refractivity contribution is 5.94. The van der Waals surface area contributed by atoms with Gasteiger partial charge in [-0.1, -0.05) is 68.2 Å². The largest absolute Gasteiger partial charge is 0.353 e. The lowest BCUT2D eigenvalue weighted by Crippen LogP contribution is -2.50. The van der Waals surface area contributed by atoms with E-state index in [2.05, 4.69) is 85.8 Å². The Bertz CT molecular complexity index is 1460. The van der Waals surface area contributed by atoms with Crippen LogP contribution in [-0.2, 0) is 9.59 Å². The van der Waals surface area contributed by atoms with Crippen LogP contribution in [0.3, 0.4) is 0 Å². The van der Waals surface area contributed by atoms with Crippen LogP contribution >= 0.6 is 0 Å². The van der Waals surface area contributed by atoms with Crippen molar-refractivity contribution in [3.05, 3.63) is 47.8 Å². The maximum absolute atomic E-state index is 12.5. The van der Waals surface area contributed by atoms with Crippen molar-refractivity contribution >= 4 is 35.3 Å². The highest BCUT2D eigenvalue weighted by Crippen LogP contribution is 2.19. The number of nitrogens with one attached hydrogen (secondary N) is 2. The number of hydrogen-bond donors (Lipinski definition) is 2. The predicted octanol–water partition coefficient (Wildman–Crippen LogP) is 6.27. The van der Waals surface area contributed by atoms with Crippen molar-refractivity contribution in [1.82, 2.24) is 30.4 Å². The molecule has 3 atom stereocenters. The second kappa shape index (κ2) is 23.0. The van der Waals surface area contributed by atoms with Gasteiger partial charge in [-0.05, 0) is 68.2 Å². The van der Waals surface area contributed by atoms with Crippen LogP contribution < -0.4 is 20.4 Å². The fraction of sp³-hybridized carbons (Fsp3) is 0.674. The van der Waals surface area contributed by atoms with Crippen molar-refractivity contribution in [3.63, 3.8) is 0 Å². The molecule has 2 saturated heterocycles. The molecule has 2 aliphatic rings. The Hall–Kier alpha value is -4.22. The lowest BCUT2D eigenvalue weighted by atomic mass is 10.0. The summed E-state index contributed by atoms with van der Waals surface area (Å²) in [5, 5.41) is 5.98. The van der Waals surface area contributed by atoms with Gasteiger partial charge in [-0.2, -0.15) is 0 Å². The molecule has 0 aliphatic carbocycles. The standard InChI is InChI=1S/C22H36N4O2.C21H34N4O2/c1-6-18(7-2)22(28)26-12-10-25(11-13-26)20-9-8-19(15-23-20)21(27)24-17(5)14-16(3)4;1-5-16(3)13-20(26)25-11-9-24(10-12-25)19-8-7-18(15-22-19)21(27)23-14-17(4)6-2/h8-9,15-18H,6-7,10-14H2,1-5H3,(H,24,27);7-8,15-17H,5-6,9-14H2,1-4H3,(H,23,27). The number of amides is 4. The zero-order valence-corrected chi connectivity index (χ0v) is 35.3. The molecule has 3 unspecified atom stereocenters. The minimum absolute atomic E-state index is 0.0743. The van der Waals surface area contributed by atoms with Gasteiger partial charge in [-0.15, -0.1) is 0 Å². The molecule has 12 heteroatoms. The second-order valence-electron chi connectivity index (χ2n) is 15.9. The number of rotatable bonds is 16. The first-order valence-corrected chi connectivity index (χ1v) is 20.9. The van der Waals surface area contributed by atoms with E-state index in [1.165, 1.54) is 0 Å². The molecule has 0 spiro atoms. The highest BCUT2D eigenvalue weighted by Gasteiger charge is 2.26. The summed E-state index contributed by atoms with van der Waals surface area (Å²) in [7, 11) is 0. The van der Waals surface area contributed by atoms with Crippen LogP contribution in [0.25, 0.3) is 0 Å². The quantitative estimate of drug-likeness (QED) is 0.205. The molecule has 2 aromatic heterocycles. The van der Waals surface area contributed by atoms with Gasteiger partial charge in [-0.25, -0.2) is 9.97 Å². The first kappa shape index (κ1) is 45.2. The molecule has 306 valence electrons. The summed E-state index contributed by atoms with van der Waals surface area (Å²) in [5.41, 5.74) is 1.17. The zero-order valence-electron chi connectivity index (χ0n) is 35.3. The van der Waals surface area contributed by atoms with Gasteiger partial charge in [0.15, 0.2) is 0 Å². The first-order valence-electron chi connectivity index (χ1n) is 20.9. The van der Waals surface area contributed by atoms with E-state index in [4.69, 9.17) is 0 Å². The number of anilines is 2. The molecule has 2 aliphatic heterocycles. The minimum Gasteiger partial charge on any atom is -0.353 e. The molecule has 0 radical (unpaired) electrons.